The minimum absolute atomic E-state index is 0.102. The van der Waals surface area contributed by atoms with E-state index in [-0.39, 0.29) is 5.91 Å². The van der Waals surface area contributed by atoms with Crippen LogP contribution in [0.1, 0.15) is 57.2 Å². The number of aromatic nitrogens is 1. The van der Waals surface area contributed by atoms with Gasteiger partial charge in [-0.25, -0.2) is 0 Å². The van der Waals surface area contributed by atoms with Gasteiger partial charge in [0, 0.05) is 47.0 Å². The maximum absolute atomic E-state index is 12.7. The highest BCUT2D eigenvalue weighted by Crippen LogP contribution is 2.38. The van der Waals surface area contributed by atoms with Crippen molar-refractivity contribution in [3.05, 3.63) is 82.2 Å². The highest BCUT2D eigenvalue weighted by Gasteiger charge is 2.27. The maximum atomic E-state index is 12.7. The number of anilines is 2. The first-order valence-corrected chi connectivity index (χ1v) is 11.2. The monoisotopic (exact) mass is 425 g/mol. The van der Waals surface area contributed by atoms with Gasteiger partial charge in [-0.05, 0) is 74.1 Å². The molecule has 1 amide bonds. The summed E-state index contributed by atoms with van der Waals surface area (Å²) in [5.41, 5.74) is 8.17. The van der Waals surface area contributed by atoms with Crippen LogP contribution in [-0.4, -0.2) is 30.3 Å². The molecule has 32 heavy (non-hydrogen) atoms. The van der Waals surface area contributed by atoms with Gasteiger partial charge in [-0.15, -0.1) is 0 Å². The number of piperidine rings is 1. The van der Waals surface area contributed by atoms with Crippen molar-refractivity contribution in [2.24, 2.45) is 0 Å². The molecule has 5 nitrogen and oxygen atoms in total. The molecule has 0 bridgehead atoms. The van der Waals surface area contributed by atoms with Crippen LogP contribution in [0.15, 0.2) is 48.5 Å². The Labute approximate surface area is 188 Å². The van der Waals surface area contributed by atoms with E-state index in [0.717, 1.165) is 60.4 Å². The van der Waals surface area contributed by atoms with Crippen molar-refractivity contribution >= 4 is 35.2 Å². The Balaban J connectivity index is 1.41. The zero-order chi connectivity index (χ0) is 22.2. The Morgan fingerprint density at radius 2 is 1.78 bits per heavy atom. The quantitative estimate of drug-likeness (QED) is 0.439. The van der Waals surface area contributed by atoms with Gasteiger partial charge in [0.15, 0.2) is 6.29 Å². The first-order valence-electron chi connectivity index (χ1n) is 11.2. The van der Waals surface area contributed by atoms with Crippen LogP contribution in [0.2, 0.25) is 0 Å². The summed E-state index contributed by atoms with van der Waals surface area (Å²) in [7, 11) is 0. The number of fused-ring (bicyclic) bond motifs is 1. The molecular formula is C27H27N3O2. The van der Waals surface area contributed by atoms with E-state index in [1.807, 2.05) is 26.0 Å². The number of carbonyl (C=O) groups excluding carboxylic acids is 2. The molecule has 0 atom stereocenters. The Morgan fingerprint density at radius 1 is 1.03 bits per heavy atom. The first-order chi connectivity index (χ1) is 15.5. The number of benzene rings is 2. The summed E-state index contributed by atoms with van der Waals surface area (Å²) in [4.78, 5) is 29.8. The van der Waals surface area contributed by atoms with E-state index in [0.29, 0.717) is 17.1 Å². The average Bonchev–Trinajstić information content (AvgIpc) is 3.28. The van der Waals surface area contributed by atoms with Gasteiger partial charge in [-0.3, -0.25) is 9.59 Å². The van der Waals surface area contributed by atoms with Crippen LogP contribution < -0.4 is 10.2 Å². The Morgan fingerprint density at radius 3 is 2.47 bits per heavy atom. The third kappa shape index (κ3) is 3.54. The van der Waals surface area contributed by atoms with Crippen molar-refractivity contribution in [1.82, 2.24) is 4.98 Å². The van der Waals surface area contributed by atoms with E-state index in [4.69, 9.17) is 0 Å². The topological polar surface area (TPSA) is 65.2 Å². The van der Waals surface area contributed by atoms with Crippen LogP contribution in [0.3, 0.4) is 0 Å². The number of hydrogen-bond acceptors (Lipinski definition) is 3. The molecule has 0 aliphatic carbocycles. The number of carbonyl (C=O) groups is 2. The van der Waals surface area contributed by atoms with E-state index in [2.05, 4.69) is 57.7 Å². The molecule has 162 valence electrons. The molecule has 1 saturated heterocycles. The summed E-state index contributed by atoms with van der Waals surface area (Å²) in [6, 6.07) is 16.9. The van der Waals surface area contributed by atoms with Gasteiger partial charge in [0.2, 0.25) is 0 Å². The zero-order valence-corrected chi connectivity index (χ0v) is 18.4. The van der Waals surface area contributed by atoms with Crippen molar-refractivity contribution in [2.45, 2.75) is 32.6 Å². The second-order valence-electron chi connectivity index (χ2n) is 8.73. The van der Waals surface area contributed by atoms with Crippen LogP contribution in [-0.2, 0) is 4.79 Å². The van der Waals surface area contributed by atoms with Gasteiger partial charge < -0.3 is 15.2 Å². The summed E-state index contributed by atoms with van der Waals surface area (Å²) in [5.74, 6) is 0.378. The lowest BCUT2D eigenvalue weighted by atomic mass is 9.87. The molecule has 2 N–H and O–H groups in total. The predicted octanol–water partition coefficient (Wildman–Crippen LogP) is 5.32. The van der Waals surface area contributed by atoms with E-state index < -0.39 is 0 Å². The first kappa shape index (κ1) is 20.3. The summed E-state index contributed by atoms with van der Waals surface area (Å²) < 4.78 is 0. The number of aromatic amines is 1. The van der Waals surface area contributed by atoms with Crippen molar-refractivity contribution in [3.8, 4) is 0 Å². The number of nitrogens with zero attached hydrogens (tertiary/aromatic N) is 1. The lowest BCUT2D eigenvalue weighted by molar-refractivity contribution is -0.110. The minimum Gasteiger partial charge on any atom is -0.371 e. The number of amides is 1. The summed E-state index contributed by atoms with van der Waals surface area (Å²) in [6.07, 6.45) is 4.92. The fourth-order valence-electron chi connectivity index (χ4n) is 4.97. The third-order valence-electron chi connectivity index (χ3n) is 6.86. The van der Waals surface area contributed by atoms with Gasteiger partial charge in [-0.1, -0.05) is 24.3 Å². The number of para-hydroxylation sites is 1. The third-order valence-corrected chi connectivity index (χ3v) is 6.86. The second kappa shape index (κ2) is 8.15. The molecule has 1 fully saturated rings. The number of nitrogens with one attached hydrogen (secondary N) is 2. The molecule has 2 aliphatic rings. The molecule has 1 aromatic heterocycles. The SMILES string of the molecule is Cc1[nH]c(/C=C2\C(=O)Nc3ccc(C4CCN(c5ccccc5)CC4)cc32)c(C)c1C=O. The Bertz CT molecular complexity index is 1220. The summed E-state index contributed by atoms with van der Waals surface area (Å²) >= 11 is 0. The molecule has 5 rings (SSSR count). The highest BCUT2D eigenvalue weighted by atomic mass is 16.2. The van der Waals surface area contributed by atoms with Crippen LogP contribution in [0.5, 0.6) is 0 Å². The van der Waals surface area contributed by atoms with E-state index >= 15 is 0 Å². The maximum Gasteiger partial charge on any atom is 0.256 e. The molecule has 3 aromatic rings. The molecule has 0 spiro atoms. The normalized spacial score (nSPS) is 17.5. The largest absolute Gasteiger partial charge is 0.371 e. The van der Waals surface area contributed by atoms with Crippen molar-refractivity contribution in [3.63, 3.8) is 0 Å². The number of H-pyrrole nitrogens is 1. The van der Waals surface area contributed by atoms with Crippen LogP contribution in [0, 0.1) is 13.8 Å². The van der Waals surface area contributed by atoms with Gasteiger partial charge in [0.25, 0.3) is 5.91 Å². The summed E-state index contributed by atoms with van der Waals surface area (Å²) in [5, 5.41) is 2.98. The number of rotatable bonds is 4. The van der Waals surface area contributed by atoms with Crippen molar-refractivity contribution in [1.29, 1.82) is 0 Å². The van der Waals surface area contributed by atoms with Gasteiger partial charge in [0.05, 0.1) is 5.57 Å². The Hall–Kier alpha value is -3.60. The van der Waals surface area contributed by atoms with Crippen molar-refractivity contribution in [2.75, 3.05) is 23.3 Å². The number of aryl methyl sites for hydroxylation is 1. The molecule has 0 unspecified atom stereocenters. The number of hydrogen-bond donors (Lipinski definition) is 2. The summed E-state index contributed by atoms with van der Waals surface area (Å²) in [6.45, 7) is 5.84. The molecule has 5 heteroatoms. The molecule has 2 aromatic carbocycles. The van der Waals surface area contributed by atoms with Crippen LogP contribution >= 0.6 is 0 Å². The molecule has 2 aliphatic heterocycles. The number of aldehydes is 1. The van der Waals surface area contributed by atoms with Crippen LogP contribution in [0.25, 0.3) is 11.6 Å². The van der Waals surface area contributed by atoms with Crippen molar-refractivity contribution < 1.29 is 9.59 Å². The van der Waals surface area contributed by atoms with E-state index in [1.54, 1.807) is 0 Å². The van der Waals surface area contributed by atoms with Crippen LogP contribution in [0.4, 0.5) is 11.4 Å². The lowest BCUT2D eigenvalue weighted by Crippen LogP contribution is -2.32. The van der Waals surface area contributed by atoms with Gasteiger partial charge in [0.1, 0.15) is 0 Å². The minimum atomic E-state index is -0.102. The molecule has 0 saturated carbocycles. The second-order valence-corrected chi connectivity index (χ2v) is 8.73. The molecular weight excluding hydrogens is 398 g/mol. The predicted molar refractivity (Wildman–Crippen MR) is 129 cm³/mol. The molecule has 3 heterocycles. The standard InChI is InChI=1S/C27H27N3O2/c1-17-24(16-31)18(2)28-26(17)15-23-22-14-20(8-9-25(22)29-27(23)32)19-10-12-30(13-11-19)21-6-4-3-5-7-21/h3-9,14-16,19,28H,10-13H2,1-2H3,(H,29,32)/b23-15-. The smallest absolute Gasteiger partial charge is 0.256 e. The fraction of sp³-hybridized carbons (Fsp3) is 0.259. The average molecular weight is 426 g/mol. The van der Waals surface area contributed by atoms with E-state index in [1.165, 1.54) is 11.3 Å². The van der Waals surface area contributed by atoms with E-state index in [9.17, 15) is 9.59 Å². The van der Waals surface area contributed by atoms with Gasteiger partial charge in [-0.2, -0.15) is 0 Å². The highest BCUT2D eigenvalue weighted by molar-refractivity contribution is 6.35. The Kier molecular flexibility index (Phi) is 5.17. The van der Waals surface area contributed by atoms with Gasteiger partial charge >= 0.3 is 0 Å². The lowest BCUT2D eigenvalue weighted by Gasteiger charge is -2.34. The fourth-order valence-corrected chi connectivity index (χ4v) is 4.97. The zero-order valence-electron chi connectivity index (χ0n) is 18.4. The molecule has 0 radical (unpaired) electrons.